The number of nitrogens with zero attached hydrogens (tertiary/aromatic N) is 1. The van der Waals surface area contributed by atoms with Crippen molar-refractivity contribution in [2.75, 3.05) is 0 Å². The minimum Gasteiger partial charge on any atom is -0.294 e. The number of fused-ring (bicyclic) bond motifs is 2. The Morgan fingerprint density at radius 2 is 2.06 bits per heavy atom. The molecule has 0 amide bonds. The Hall–Kier alpha value is -1.70. The van der Waals surface area contributed by atoms with Crippen LogP contribution in [0.4, 0.5) is 0 Å². The fourth-order valence-electron chi connectivity index (χ4n) is 2.38. The zero-order chi connectivity index (χ0) is 11.1. The van der Waals surface area contributed by atoms with Crippen molar-refractivity contribution in [3.05, 3.63) is 41.6 Å². The highest BCUT2D eigenvalue weighted by Crippen LogP contribution is 2.26. The predicted molar refractivity (Wildman–Crippen MR) is 63.6 cm³/mol. The van der Waals surface area contributed by atoms with Gasteiger partial charge in [0.15, 0.2) is 5.78 Å². The highest BCUT2D eigenvalue weighted by atomic mass is 16.1. The van der Waals surface area contributed by atoms with E-state index in [0.717, 1.165) is 28.6 Å². The van der Waals surface area contributed by atoms with Crippen molar-refractivity contribution in [3.63, 3.8) is 0 Å². The number of ketones is 1. The number of hydrogen-bond acceptors (Lipinski definition) is 2. The molecule has 1 unspecified atom stereocenters. The quantitative estimate of drug-likeness (QED) is 0.670. The minimum absolute atomic E-state index is 0.243. The van der Waals surface area contributed by atoms with Crippen LogP contribution < -0.4 is 0 Å². The van der Waals surface area contributed by atoms with Gasteiger partial charge in [-0.25, -0.2) is 0 Å². The molecule has 0 N–H and O–H groups in total. The van der Waals surface area contributed by atoms with Crippen LogP contribution in [0.5, 0.6) is 0 Å². The third kappa shape index (κ3) is 1.42. The van der Waals surface area contributed by atoms with Crippen molar-refractivity contribution in [1.82, 2.24) is 4.98 Å². The molecule has 1 aromatic carbocycles. The molecule has 3 rings (SSSR count). The summed E-state index contributed by atoms with van der Waals surface area (Å²) in [5.74, 6) is 0.667. The molecule has 80 valence electrons. The second-order valence-electron chi connectivity index (χ2n) is 4.61. The lowest BCUT2D eigenvalue weighted by atomic mass is 9.86. The number of carbonyl (C=O) groups excluding carboxylic acids is 1. The molecule has 16 heavy (non-hydrogen) atoms. The highest BCUT2D eigenvalue weighted by molar-refractivity contribution is 6.01. The summed E-state index contributed by atoms with van der Waals surface area (Å²) in [5, 5.41) is 1.06. The van der Waals surface area contributed by atoms with Gasteiger partial charge in [-0.05, 0) is 24.5 Å². The van der Waals surface area contributed by atoms with Gasteiger partial charge in [0.25, 0.3) is 0 Å². The maximum absolute atomic E-state index is 11.9. The third-order valence-electron chi connectivity index (χ3n) is 3.18. The lowest BCUT2D eigenvalue weighted by Gasteiger charge is -2.19. The molecule has 2 nitrogen and oxygen atoms in total. The van der Waals surface area contributed by atoms with Crippen molar-refractivity contribution < 1.29 is 4.79 Å². The van der Waals surface area contributed by atoms with Gasteiger partial charge in [-0.15, -0.1) is 0 Å². The van der Waals surface area contributed by atoms with Crippen molar-refractivity contribution >= 4 is 16.7 Å². The van der Waals surface area contributed by atoms with E-state index in [1.165, 1.54) is 0 Å². The van der Waals surface area contributed by atoms with Gasteiger partial charge in [0, 0.05) is 17.4 Å². The zero-order valence-electron chi connectivity index (χ0n) is 9.23. The smallest absolute Gasteiger partial charge is 0.165 e. The summed E-state index contributed by atoms with van der Waals surface area (Å²) in [5.41, 5.74) is 2.79. The second kappa shape index (κ2) is 3.41. The van der Waals surface area contributed by atoms with Crippen LogP contribution in [-0.4, -0.2) is 10.8 Å². The number of aromatic nitrogens is 1. The van der Waals surface area contributed by atoms with E-state index in [9.17, 15) is 4.79 Å². The van der Waals surface area contributed by atoms with Gasteiger partial charge in [0.1, 0.15) is 0 Å². The van der Waals surface area contributed by atoms with Gasteiger partial charge >= 0.3 is 0 Å². The van der Waals surface area contributed by atoms with E-state index in [2.05, 4.69) is 11.9 Å². The van der Waals surface area contributed by atoms with Gasteiger partial charge in [0.2, 0.25) is 0 Å². The van der Waals surface area contributed by atoms with Crippen molar-refractivity contribution in [1.29, 1.82) is 0 Å². The number of para-hydroxylation sites is 1. The molecule has 0 spiro atoms. The Labute approximate surface area is 94.3 Å². The summed E-state index contributed by atoms with van der Waals surface area (Å²) < 4.78 is 0. The first-order valence-electron chi connectivity index (χ1n) is 5.66. The van der Waals surface area contributed by atoms with Gasteiger partial charge in [-0.2, -0.15) is 0 Å². The van der Waals surface area contributed by atoms with E-state index in [1.807, 2.05) is 30.3 Å². The van der Waals surface area contributed by atoms with Crippen molar-refractivity contribution in [2.45, 2.75) is 19.8 Å². The number of pyridine rings is 1. The molecule has 0 radical (unpaired) electrons. The van der Waals surface area contributed by atoms with E-state index in [0.29, 0.717) is 12.3 Å². The molecule has 0 fully saturated rings. The molecule has 2 aromatic rings. The van der Waals surface area contributed by atoms with Crippen LogP contribution >= 0.6 is 0 Å². The molecule has 1 aliphatic rings. The summed E-state index contributed by atoms with van der Waals surface area (Å²) in [6, 6.07) is 9.96. The first kappa shape index (κ1) is 9.52. The van der Waals surface area contributed by atoms with Crippen LogP contribution in [0.15, 0.2) is 30.3 Å². The second-order valence-corrected chi connectivity index (χ2v) is 4.61. The normalized spacial score (nSPS) is 19.8. The van der Waals surface area contributed by atoms with E-state index in [-0.39, 0.29) is 5.78 Å². The maximum Gasteiger partial charge on any atom is 0.165 e. The zero-order valence-corrected chi connectivity index (χ0v) is 9.23. The number of benzene rings is 1. The van der Waals surface area contributed by atoms with E-state index < -0.39 is 0 Å². The van der Waals surface area contributed by atoms with Crippen LogP contribution in [0, 0.1) is 5.92 Å². The summed E-state index contributed by atoms with van der Waals surface area (Å²) >= 11 is 0. The van der Waals surface area contributed by atoms with E-state index >= 15 is 0 Å². The average Bonchev–Trinajstić information content (AvgIpc) is 2.27. The molecule has 0 aliphatic heterocycles. The van der Waals surface area contributed by atoms with Gasteiger partial charge in [-0.1, -0.05) is 25.1 Å². The molecule has 1 atom stereocenters. The summed E-state index contributed by atoms with van der Waals surface area (Å²) in [7, 11) is 0. The Morgan fingerprint density at radius 3 is 2.94 bits per heavy atom. The Bertz CT molecular complexity index is 574. The molecule has 2 heteroatoms. The Balaban J connectivity index is 2.26. The third-order valence-corrected chi connectivity index (χ3v) is 3.18. The van der Waals surface area contributed by atoms with Gasteiger partial charge < -0.3 is 0 Å². The average molecular weight is 211 g/mol. The number of carbonyl (C=O) groups is 1. The predicted octanol–water partition coefficient (Wildman–Crippen LogP) is 3.00. The Kier molecular flexibility index (Phi) is 2.03. The molecule has 0 saturated heterocycles. The SMILES string of the molecule is CC1CC(=O)c2cc3ccccc3nc2C1. The van der Waals surface area contributed by atoms with Crippen LogP contribution in [0.1, 0.15) is 29.4 Å². The van der Waals surface area contributed by atoms with Gasteiger partial charge in [0.05, 0.1) is 11.2 Å². The first-order valence-corrected chi connectivity index (χ1v) is 5.66. The summed E-state index contributed by atoms with van der Waals surface area (Å²) in [4.78, 5) is 16.5. The number of rotatable bonds is 0. The number of hydrogen-bond donors (Lipinski definition) is 0. The largest absolute Gasteiger partial charge is 0.294 e. The minimum atomic E-state index is 0.243. The molecular weight excluding hydrogens is 198 g/mol. The lowest BCUT2D eigenvalue weighted by Crippen LogP contribution is -2.19. The van der Waals surface area contributed by atoms with Gasteiger partial charge in [-0.3, -0.25) is 9.78 Å². The lowest BCUT2D eigenvalue weighted by molar-refractivity contribution is 0.0952. The summed E-state index contributed by atoms with van der Waals surface area (Å²) in [6.45, 7) is 2.11. The molecule has 1 heterocycles. The Morgan fingerprint density at radius 1 is 1.25 bits per heavy atom. The molecule has 1 aromatic heterocycles. The fourth-order valence-corrected chi connectivity index (χ4v) is 2.38. The molecule has 1 aliphatic carbocycles. The fraction of sp³-hybridized carbons (Fsp3) is 0.286. The highest BCUT2D eigenvalue weighted by Gasteiger charge is 2.23. The topological polar surface area (TPSA) is 30.0 Å². The molecule has 0 bridgehead atoms. The maximum atomic E-state index is 11.9. The van der Waals surface area contributed by atoms with Crippen LogP contribution in [0.25, 0.3) is 10.9 Å². The van der Waals surface area contributed by atoms with E-state index in [1.54, 1.807) is 0 Å². The van der Waals surface area contributed by atoms with E-state index in [4.69, 9.17) is 0 Å². The first-order chi connectivity index (χ1) is 7.74. The van der Waals surface area contributed by atoms with Crippen molar-refractivity contribution in [2.24, 2.45) is 5.92 Å². The molecule has 0 saturated carbocycles. The number of Topliss-reactive ketones (excluding diaryl/α,β-unsaturated/α-hetero) is 1. The monoisotopic (exact) mass is 211 g/mol. The summed E-state index contributed by atoms with van der Waals surface area (Å²) in [6.07, 6.45) is 1.58. The van der Waals surface area contributed by atoms with Crippen LogP contribution in [-0.2, 0) is 6.42 Å². The van der Waals surface area contributed by atoms with Crippen LogP contribution in [0.3, 0.4) is 0 Å². The molecular formula is C14H13NO. The standard InChI is InChI=1S/C14H13NO/c1-9-6-13-11(14(16)7-9)8-10-4-2-3-5-12(10)15-13/h2-5,8-9H,6-7H2,1H3. The van der Waals surface area contributed by atoms with Crippen molar-refractivity contribution in [3.8, 4) is 0 Å². The van der Waals surface area contributed by atoms with Crippen LogP contribution in [0.2, 0.25) is 0 Å².